The van der Waals surface area contributed by atoms with Crippen molar-refractivity contribution in [3.05, 3.63) is 0 Å². The van der Waals surface area contributed by atoms with Gasteiger partial charge in [0.2, 0.25) is 0 Å². The Morgan fingerprint density at radius 3 is 2.47 bits per heavy atom. The molecule has 0 aromatic heterocycles. The molecule has 0 aromatic rings. The molecule has 1 N–H and O–H groups in total. The van der Waals surface area contributed by atoms with Crippen LogP contribution in [0.25, 0.3) is 0 Å². The molecule has 0 unspecified atom stereocenters. The van der Waals surface area contributed by atoms with Crippen LogP contribution >= 0.6 is 0 Å². The highest BCUT2D eigenvalue weighted by Gasteiger charge is 2.43. The summed E-state index contributed by atoms with van der Waals surface area (Å²) in [6, 6.07) is 2.14. The van der Waals surface area contributed by atoms with Crippen molar-refractivity contribution in [1.82, 2.24) is 5.32 Å². The zero-order valence-corrected chi connectivity index (χ0v) is 12.4. The smallest absolute Gasteiger partial charge is 0.326 e. The Morgan fingerprint density at radius 1 is 1.32 bits per heavy atom. The van der Waals surface area contributed by atoms with E-state index in [0.717, 1.165) is 45.1 Å². The van der Waals surface area contributed by atoms with Gasteiger partial charge in [0.05, 0.1) is 6.07 Å². The third-order valence-electron chi connectivity index (χ3n) is 3.43. The topological polar surface area (TPSA) is 62.1 Å². The fourth-order valence-electron chi connectivity index (χ4n) is 2.46. The van der Waals surface area contributed by atoms with Gasteiger partial charge in [0.25, 0.3) is 0 Å². The molecule has 0 heterocycles. The van der Waals surface area contributed by atoms with Crippen LogP contribution in [-0.4, -0.2) is 23.7 Å². The Hall–Kier alpha value is -1.08. The molecule has 0 radical (unpaired) electrons. The first-order valence-electron chi connectivity index (χ1n) is 7.25. The van der Waals surface area contributed by atoms with Crippen LogP contribution in [0.5, 0.6) is 0 Å². The highest BCUT2D eigenvalue weighted by Crippen LogP contribution is 2.32. The van der Waals surface area contributed by atoms with Crippen molar-refractivity contribution in [3.8, 4) is 6.07 Å². The number of carbonyl (C=O) groups excluding carboxylic acids is 1. The van der Waals surface area contributed by atoms with E-state index >= 15 is 0 Å². The van der Waals surface area contributed by atoms with Crippen LogP contribution in [0.1, 0.15) is 65.7 Å². The summed E-state index contributed by atoms with van der Waals surface area (Å²) in [7, 11) is 0. The summed E-state index contributed by atoms with van der Waals surface area (Å²) in [5.41, 5.74) is -0.922. The van der Waals surface area contributed by atoms with Gasteiger partial charge in [0.15, 0.2) is 0 Å². The Kier molecular flexibility index (Phi) is 5.81. The van der Waals surface area contributed by atoms with Crippen molar-refractivity contribution in [2.75, 3.05) is 6.54 Å². The number of esters is 1. The molecule has 1 saturated carbocycles. The van der Waals surface area contributed by atoms with Crippen molar-refractivity contribution in [3.63, 3.8) is 0 Å². The van der Waals surface area contributed by atoms with Gasteiger partial charge in [0, 0.05) is 6.42 Å². The average Bonchev–Trinajstić information content (AvgIpc) is 2.76. The van der Waals surface area contributed by atoms with Crippen molar-refractivity contribution in [2.45, 2.75) is 76.9 Å². The average molecular weight is 266 g/mol. The third-order valence-corrected chi connectivity index (χ3v) is 3.43. The molecule has 19 heavy (non-hydrogen) atoms. The number of nitrogens with one attached hydrogen (secondary N) is 1. The van der Waals surface area contributed by atoms with E-state index in [2.05, 4.69) is 11.4 Å². The first-order chi connectivity index (χ1) is 8.90. The van der Waals surface area contributed by atoms with Crippen LogP contribution in [0, 0.1) is 11.3 Å². The van der Waals surface area contributed by atoms with Crippen LogP contribution in [0.4, 0.5) is 0 Å². The summed E-state index contributed by atoms with van der Waals surface area (Å²) in [5, 5.41) is 11.9. The summed E-state index contributed by atoms with van der Waals surface area (Å²) in [5.74, 6) is -0.113. The second-order valence-corrected chi connectivity index (χ2v) is 6.33. The minimum Gasteiger partial charge on any atom is -0.459 e. The number of carbonyl (C=O) groups is 1. The Labute approximate surface area is 116 Å². The minimum absolute atomic E-state index is 0.113. The molecule has 0 aliphatic heterocycles. The number of hydrogen-bond acceptors (Lipinski definition) is 4. The van der Waals surface area contributed by atoms with Crippen molar-refractivity contribution in [2.24, 2.45) is 0 Å². The predicted octanol–water partition coefficient (Wildman–Crippen LogP) is 2.92. The number of rotatable bonds is 6. The number of ether oxygens (including phenoxy) is 1. The Morgan fingerprint density at radius 2 is 1.95 bits per heavy atom. The lowest BCUT2D eigenvalue weighted by Gasteiger charge is -2.32. The van der Waals surface area contributed by atoms with Gasteiger partial charge in [-0.05, 0) is 53.0 Å². The zero-order valence-electron chi connectivity index (χ0n) is 12.4. The lowest BCUT2D eigenvalue weighted by Crippen LogP contribution is -2.52. The molecule has 108 valence electrons. The van der Waals surface area contributed by atoms with Crippen LogP contribution in [0.3, 0.4) is 0 Å². The lowest BCUT2D eigenvalue weighted by molar-refractivity contribution is -0.163. The number of nitrogens with zero attached hydrogens (tertiary/aromatic N) is 1. The Balaban J connectivity index is 2.50. The second-order valence-electron chi connectivity index (χ2n) is 6.33. The first-order valence-corrected chi connectivity index (χ1v) is 7.25. The normalized spacial score (nSPS) is 18.0. The Bertz CT molecular complexity index is 333. The van der Waals surface area contributed by atoms with E-state index in [-0.39, 0.29) is 5.97 Å². The molecule has 1 fully saturated rings. The van der Waals surface area contributed by atoms with Gasteiger partial charge in [-0.3, -0.25) is 4.79 Å². The molecule has 1 rings (SSSR count). The number of nitriles is 1. The van der Waals surface area contributed by atoms with E-state index in [1.807, 2.05) is 20.8 Å². The van der Waals surface area contributed by atoms with Crippen LogP contribution in [0.2, 0.25) is 0 Å². The maximum Gasteiger partial charge on any atom is 0.326 e. The minimum atomic E-state index is -0.486. The fraction of sp³-hybridized carbons (Fsp3) is 0.867. The van der Waals surface area contributed by atoms with Gasteiger partial charge < -0.3 is 10.1 Å². The molecule has 4 nitrogen and oxygen atoms in total. The summed E-state index contributed by atoms with van der Waals surface area (Å²) in [4.78, 5) is 12.4. The standard InChI is InChI=1S/C15H26N2O2/c1-14(2,3)19-13(18)15(9-5-6-10-15)17-12-8-4-7-11-16/h17H,4-10,12H2,1-3H3. The van der Waals surface area contributed by atoms with E-state index in [1.165, 1.54) is 0 Å². The largest absolute Gasteiger partial charge is 0.459 e. The summed E-state index contributed by atoms with van der Waals surface area (Å²) in [6.07, 6.45) is 6.27. The van der Waals surface area contributed by atoms with Crippen LogP contribution < -0.4 is 5.32 Å². The van der Waals surface area contributed by atoms with Gasteiger partial charge in [-0.2, -0.15) is 5.26 Å². The maximum absolute atomic E-state index is 12.4. The molecule has 0 aromatic carbocycles. The first kappa shape index (κ1) is 16.0. The highest BCUT2D eigenvalue weighted by molar-refractivity contribution is 5.81. The van der Waals surface area contributed by atoms with Crippen molar-refractivity contribution >= 4 is 5.97 Å². The third kappa shape index (κ3) is 5.20. The molecular formula is C15H26N2O2. The number of unbranched alkanes of at least 4 members (excludes halogenated alkanes) is 2. The summed E-state index contributed by atoms with van der Waals surface area (Å²) in [6.45, 7) is 6.49. The number of hydrogen-bond donors (Lipinski definition) is 1. The van der Waals surface area contributed by atoms with E-state index in [9.17, 15) is 4.79 Å². The van der Waals surface area contributed by atoms with Crippen molar-refractivity contribution < 1.29 is 9.53 Å². The lowest BCUT2D eigenvalue weighted by atomic mass is 9.97. The molecule has 1 aliphatic carbocycles. The molecule has 0 saturated heterocycles. The van der Waals surface area contributed by atoms with Gasteiger partial charge in [-0.1, -0.05) is 12.8 Å². The monoisotopic (exact) mass is 266 g/mol. The second kappa shape index (κ2) is 6.91. The van der Waals surface area contributed by atoms with Crippen LogP contribution in [-0.2, 0) is 9.53 Å². The van der Waals surface area contributed by atoms with E-state index in [0.29, 0.717) is 6.42 Å². The zero-order chi connectivity index (χ0) is 14.4. The molecule has 0 atom stereocenters. The van der Waals surface area contributed by atoms with E-state index < -0.39 is 11.1 Å². The maximum atomic E-state index is 12.4. The van der Waals surface area contributed by atoms with Gasteiger partial charge in [-0.25, -0.2) is 0 Å². The predicted molar refractivity (Wildman–Crippen MR) is 74.5 cm³/mol. The molecule has 0 bridgehead atoms. The quantitative estimate of drug-likeness (QED) is 0.593. The highest BCUT2D eigenvalue weighted by atomic mass is 16.6. The fourth-order valence-corrected chi connectivity index (χ4v) is 2.46. The van der Waals surface area contributed by atoms with Crippen molar-refractivity contribution in [1.29, 1.82) is 5.26 Å². The molecular weight excluding hydrogens is 240 g/mol. The van der Waals surface area contributed by atoms with Gasteiger partial charge in [-0.15, -0.1) is 0 Å². The molecule has 0 amide bonds. The van der Waals surface area contributed by atoms with Gasteiger partial charge in [0.1, 0.15) is 11.1 Å². The molecule has 4 heteroatoms. The van der Waals surface area contributed by atoms with Gasteiger partial charge >= 0.3 is 5.97 Å². The SMILES string of the molecule is CC(C)(C)OC(=O)C1(NCCCCC#N)CCCC1. The molecule has 1 aliphatic rings. The summed E-state index contributed by atoms with van der Waals surface area (Å²) >= 11 is 0. The summed E-state index contributed by atoms with van der Waals surface area (Å²) < 4.78 is 5.55. The molecule has 0 spiro atoms. The van der Waals surface area contributed by atoms with E-state index in [1.54, 1.807) is 0 Å². The van der Waals surface area contributed by atoms with E-state index in [4.69, 9.17) is 10.00 Å². The van der Waals surface area contributed by atoms with Crippen LogP contribution in [0.15, 0.2) is 0 Å².